The highest BCUT2D eigenvalue weighted by molar-refractivity contribution is 5.97. The first-order valence-corrected chi connectivity index (χ1v) is 6.18. The molecule has 0 aliphatic heterocycles. The third-order valence-corrected chi connectivity index (χ3v) is 2.77. The van der Waals surface area contributed by atoms with Crippen molar-refractivity contribution in [2.45, 2.75) is 26.2 Å². The summed E-state index contributed by atoms with van der Waals surface area (Å²) in [5.41, 5.74) is 7.55. The van der Waals surface area contributed by atoms with E-state index in [0.717, 1.165) is 25.0 Å². The molecule has 0 bridgehead atoms. The summed E-state index contributed by atoms with van der Waals surface area (Å²) < 4.78 is 4.95. The number of carbonyl (C=O) groups is 1. The molecular formula is C12H22N4O2. The van der Waals surface area contributed by atoms with Gasteiger partial charge in [0.1, 0.15) is 0 Å². The van der Waals surface area contributed by atoms with E-state index >= 15 is 0 Å². The Labute approximate surface area is 107 Å². The van der Waals surface area contributed by atoms with Crippen LogP contribution in [0.15, 0.2) is 0 Å². The van der Waals surface area contributed by atoms with Crippen molar-refractivity contribution in [1.29, 1.82) is 0 Å². The Hall–Kier alpha value is -1.56. The van der Waals surface area contributed by atoms with E-state index < -0.39 is 0 Å². The summed E-state index contributed by atoms with van der Waals surface area (Å²) in [7, 11) is 3.39. The molecule has 1 aromatic rings. The number of nitrogen functional groups attached to an aromatic ring is 1. The quantitative estimate of drug-likeness (QED) is 0.712. The summed E-state index contributed by atoms with van der Waals surface area (Å²) in [4.78, 5) is 13.7. The fourth-order valence-electron chi connectivity index (χ4n) is 1.72. The Balaban J connectivity index is 2.65. The fraction of sp³-hybridized carbons (Fsp3) is 0.667. The van der Waals surface area contributed by atoms with Gasteiger partial charge >= 0.3 is 0 Å². The predicted molar refractivity (Wildman–Crippen MR) is 70.4 cm³/mol. The Kier molecular flexibility index (Phi) is 5.64. The van der Waals surface area contributed by atoms with E-state index in [4.69, 9.17) is 10.5 Å². The van der Waals surface area contributed by atoms with Crippen LogP contribution >= 0.6 is 0 Å². The molecule has 6 nitrogen and oxygen atoms in total. The Morgan fingerprint density at radius 1 is 1.56 bits per heavy atom. The molecule has 0 spiro atoms. The van der Waals surface area contributed by atoms with Crippen LogP contribution in [0.4, 0.5) is 5.69 Å². The Bertz CT molecular complexity index is 389. The summed E-state index contributed by atoms with van der Waals surface area (Å²) >= 11 is 0. The first-order valence-electron chi connectivity index (χ1n) is 6.18. The van der Waals surface area contributed by atoms with Crippen molar-refractivity contribution in [2.24, 2.45) is 0 Å². The molecule has 0 fully saturated rings. The molecule has 0 atom stereocenters. The van der Waals surface area contributed by atoms with Crippen LogP contribution in [0.1, 0.15) is 35.9 Å². The molecule has 1 amide bonds. The summed E-state index contributed by atoms with van der Waals surface area (Å²) in [6.45, 7) is 3.31. The van der Waals surface area contributed by atoms with Gasteiger partial charge in [0.25, 0.3) is 5.91 Å². The first kappa shape index (κ1) is 14.5. The van der Waals surface area contributed by atoms with Gasteiger partial charge in [-0.15, -0.1) is 0 Å². The lowest BCUT2D eigenvalue weighted by Gasteiger charge is -2.15. The largest absolute Gasteiger partial charge is 0.395 e. The lowest BCUT2D eigenvalue weighted by Crippen LogP contribution is -2.29. The third kappa shape index (κ3) is 3.46. The second-order valence-electron chi connectivity index (χ2n) is 4.29. The van der Waals surface area contributed by atoms with E-state index in [9.17, 15) is 4.79 Å². The van der Waals surface area contributed by atoms with Crippen LogP contribution in [-0.4, -0.2) is 48.3 Å². The zero-order chi connectivity index (χ0) is 13.5. The molecule has 0 saturated heterocycles. The predicted octanol–water partition coefficient (Wildman–Crippen LogP) is 1.05. The maximum absolute atomic E-state index is 12.1. The summed E-state index contributed by atoms with van der Waals surface area (Å²) in [5.74, 6) is -0.151. The Morgan fingerprint density at radius 3 is 2.89 bits per heavy atom. The molecule has 18 heavy (non-hydrogen) atoms. The molecular weight excluding hydrogens is 232 g/mol. The number of nitrogens with zero attached hydrogens (tertiary/aromatic N) is 2. The van der Waals surface area contributed by atoms with Crippen LogP contribution in [0.3, 0.4) is 0 Å². The number of aromatic amines is 1. The second kappa shape index (κ2) is 7.00. The fourth-order valence-corrected chi connectivity index (χ4v) is 1.72. The van der Waals surface area contributed by atoms with Crippen LogP contribution < -0.4 is 5.73 Å². The molecule has 0 unspecified atom stereocenters. The summed E-state index contributed by atoms with van der Waals surface area (Å²) in [5, 5.41) is 6.84. The molecule has 0 saturated carbocycles. The molecule has 1 heterocycles. The average Bonchev–Trinajstić information content (AvgIpc) is 2.71. The number of anilines is 1. The van der Waals surface area contributed by atoms with Gasteiger partial charge in [0.15, 0.2) is 5.69 Å². The van der Waals surface area contributed by atoms with Crippen molar-refractivity contribution in [3.8, 4) is 0 Å². The van der Waals surface area contributed by atoms with Gasteiger partial charge in [-0.2, -0.15) is 5.10 Å². The molecule has 6 heteroatoms. The SMILES string of the molecule is CCCc1[nH]nc(C(=O)N(C)CCCOC)c1N. The van der Waals surface area contributed by atoms with Gasteiger partial charge in [-0.1, -0.05) is 13.3 Å². The summed E-state index contributed by atoms with van der Waals surface area (Å²) in [6, 6.07) is 0. The highest BCUT2D eigenvalue weighted by Crippen LogP contribution is 2.17. The molecule has 1 rings (SSSR count). The number of carbonyl (C=O) groups excluding carboxylic acids is 1. The number of nitrogens with two attached hydrogens (primary N) is 1. The number of ether oxygens (including phenoxy) is 1. The van der Waals surface area contributed by atoms with Gasteiger partial charge in [-0.25, -0.2) is 0 Å². The van der Waals surface area contributed by atoms with Crippen molar-refractivity contribution in [3.05, 3.63) is 11.4 Å². The highest BCUT2D eigenvalue weighted by Gasteiger charge is 2.19. The van der Waals surface area contributed by atoms with Crippen LogP contribution in [0.2, 0.25) is 0 Å². The maximum atomic E-state index is 12.1. The number of methoxy groups -OCH3 is 1. The third-order valence-electron chi connectivity index (χ3n) is 2.77. The number of rotatable bonds is 7. The Morgan fingerprint density at radius 2 is 2.28 bits per heavy atom. The minimum atomic E-state index is -0.151. The van der Waals surface area contributed by atoms with Crippen LogP contribution in [0, 0.1) is 0 Å². The minimum Gasteiger partial charge on any atom is -0.395 e. The molecule has 1 aromatic heterocycles. The van der Waals surface area contributed by atoms with Gasteiger partial charge in [0.2, 0.25) is 0 Å². The van der Waals surface area contributed by atoms with E-state index in [1.165, 1.54) is 0 Å². The lowest BCUT2D eigenvalue weighted by molar-refractivity contribution is 0.0774. The van der Waals surface area contributed by atoms with Crippen LogP contribution in [0.25, 0.3) is 0 Å². The van der Waals surface area contributed by atoms with Gasteiger partial charge in [-0.3, -0.25) is 9.89 Å². The number of aryl methyl sites for hydroxylation is 1. The molecule has 3 N–H and O–H groups in total. The smallest absolute Gasteiger partial charge is 0.276 e. The second-order valence-corrected chi connectivity index (χ2v) is 4.29. The number of amides is 1. The maximum Gasteiger partial charge on any atom is 0.276 e. The number of aromatic nitrogens is 2. The van der Waals surface area contributed by atoms with E-state index in [-0.39, 0.29) is 5.91 Å². The van der Waals surface area contributed by atoms with Crippen LogP contribution in [0.5, 0.6) is 0 Å². The molecule has 0 aliphatic rings. The number of hydrogen-bond acceptors (Lipinski definition) is 4. The standard InChI is InChI=1S/C12H22N4O2/c1-4-6-9-10(13)11(15-14-9)12(17)16(2)7-5-8-18-3/h4-8,13H2,1-3H3,(H,14,15). The molecule has 0 aliphatic carbocycles. The number of H-pyrrole nitrogens is 1. The molecule has 0 aromatic carbocycles. The van der Waals surface area contributed by atoms with Gasteiger partial charge in [0, 0.05) is 27.3 Å². The van der Waals surface area contributed by atoms with E-state index in [1.807, 2.05) is 0 Å². The van der Waals surface area contributed by atoms with Crippen molar-refractivity contribution >= 4 is 11.6 Å². The number of hydrogen-bond donors (Lipinski definition) is 2. The molecule has 0 radical (unpaired) electrons. The van der Waals surface area contributed by atoms with Crippen LogP contribution in [-0.2, 0) is 11.2 Å². The zero-order valence-corrected chi connectivity index (χ0v) is 11.3. The highest BCUT2D eigenvalue weighted by atomic mass is 16.5. The van der Waals surface area contributed by atoms with Gasteiger partial charge in [-0.05, 0) is 12.8 Å². The van der Waals surface area contributed by atoms with Crippen molar-refractivity contribution < 1.29 is 9.53 Å². The van der Waals surface area contributed by atoms with E-state index in [2.05, 4.69) is 17.1 Å². The van der Waals surface area contributed by atoms with Crippen molar-refractivity contribution in [2.75, 3.05) is 33.0 Å². The lowest BCUT2D eigenvalue weighted by atomic mass is 10.2. The number of nitrogens with one attached hydrogen (secondary N) is 1. The van der Waals surface area contributed by atoms with Gasteiger partial charge in [0.05, 0.1) is 11.4 Å². The normalized spacial score (nSPS) is 10.6. The first-order chi connectivity index (χ1) is 8.61. The van der Waals surface area contributed by atoms with Crippen molar-refractivity contribution in [1.82, 2.24) is 15.1 Å². The molecule has 102 valence electrons. The van der Waals surface area contributed by atoms with Crippen molar-refractivity contribution in [3.63, 3.8) is 0 Å². The topological polar surface area (TPSA) is 84.2 Å². The van der Waals surface area contributed by atoms with E-state index in [1.54, 1.807) is 19.1 Å². The zero-order valence-electron chi connectivity index (χ0n) is 11.3. The average molecular weight is 254 g/mol. The summed E-state index contributed by atoms with van der Waals surface area (Å²) in [6.07, 6.45) is 2.56. The van der Waals surface area contributed by atoms with Gasteiger partial charge < -0.3 is 15.4 Å². The minimum absolute atomic E-state index is 0.151. The monoisotopic (exact) mass is 254 g/mol. The van der Waals surface area contributed by atoms with E-state index in [0.29, 0.717) is 24.5 Å².